The van der Waals surface area contributed by atoms with E-state index in [0.717, 1.165) is 19.5 Å². The number of rotatable bonds is 4. The van der Waals surface area contributed by atoms with Crippen LogP contribution in [-0.2, 0) is 0 Å². The Bertz CT molecular complexity index is 1150. The van der Waals surface area contributed by atoms with Crippen LogP contribution in [0.25, 0.3) is 21.9 Å². The van der Waals surface area contributed by atoms with Crippen molar-refractivity contribution in [3.63, 3.8) is 0 Å². The third-order valence-corrected chi connectivity index (χ3v) is 5.66. The third kappa shape index (κ3) is 3.31. The number of hydrogen-bond acceptors (Lipinski definition) is 7. The molecule has 8 nitrogen and oxygen atoms in total. The second-order valence-electron chi connectivity index (χ2n) is 7.68. The maximum Gasteiger partial charge on any atom is 0.289 e. The number of carbonyl (C=O) groups is 1. The average molecular weight is 414 g/mol. The molecule has 4 rings (SSSR count). The first-order chi connectivity index (χ1) is 14.5. The second-order valence-corrected chi connectivity index (χ2v) is 7.68. The first-order valence-electron chi connectivity index (χ1n) is 10.1. The van der Waals surface area contributed by atoms with Crippen molar-refractivity contribution in [3.8, 4) is 11.5 Å². The summed E-state index contributed by atoms with van der Waals surface area (Å²) in [5, 5.41) is 0.830. The Hall–Kier alpha value is -3.00. The molecule has 1 saturated heterocycles. The molecule has 2 aromatic heterocycles. The fourth-order valence-electron chi connectivity index (χ4n) is 4.09. The summed E-state index contributed by atoms with van der Waals surface area (Å²) < 4.78 is 22.4. The van der Waals surface area contributed by atoms with Gasteiger partial charge in [-0.3, -0.25) is 14.5 Å². The van der Waals surface area contributed by atoms with E-state index < -0.39 is 0 Å². The molecule has 30 heavy (non-hydrogen) atoms. The fourth-order valence-corrected chi connectivity index (χ4v) is 4.09. The summed E-state index contributed by atoms with van der Waals surface area (Å²) >= 11 is 0. The van der Waals surface area contributed by atoms with Crippen LogP contribution < -0.4 is 14.9 Å². The van der Waals surface area contributed by atoms with Gasteiger partial charge in [-0.25, -0.2) is 0 Å². The maximum absolute atomic E-state index is 13.2. The number of methoxy groups -OCH3 is 2. The summed E-state index contributed by atoms with van der Waals surface area (Å²) in [7, 11) is 2.94. The van der Waals surface area contributed by atoms with Crippen LogP contribution in [0.5, 0.6) is 11.5 Å². The van der Waals surface area contributed by atoms with E-state index in [0.29, 0.717) is 35.9 Å². The molecule has 8 heteroatoms. The monoisotopic (exact) mass is 414 g/mol. The first-order valence-corrected chi connectivity index (χ1v) is 10.1. The fraction of sp³-hybridized carbons (Fsp3) is 0.455. The average Bonchev–Trinajstić information content (AvgIpc) is 3.07. The Morgan fingerprint density at radius 3 is 2.53 bits per heavy atom. The molecule has 1 aromatic carbocycles. The summed E-state index contributed by atoms with van der Waals surface area (Å²) in [6.07, 6.45) is 2.36. The molecule has 0 aliphatic carbocycles. The lowest BCUT2D eigenvalue weighted by Crippen LogP contribution is -2.37. The molecule has 0 bridgehead atoms. The highest BCUT2D eigenvalue weighted by Gasteiger charge is 2.27. The SMILES string of the molecule is COc1c2occc2c(OC)c2c(=O)cc(C(=O)N3CCCN(C(C)C)CC3)oc12. The summed E-state index contributed by atoms with van der Waals surface area (Å²) in [5.41, 5.74) is 0.180. The molecule has 1 aliphatic heterocycles. The molecule has 0 saturated carbocycles. The molecule has 0 unspecified atom stereocenters. The lowest BCUT2D eigenvalue weighted by Gasteiger charge is -2.24. The summed E-state index contributed by atoms with van der Waals surface area (Å²) in [6.45, 7) is 7.21. The van der Waals surface area contributed by atoms with Gasteiger partial charge in [0.05, 0.1) is 25.9 Å². The Kier molecular flexibility index (Phi) is 5.42. The largest absolute Gasteiger partial charge is 0.495 e. The van der Waals surface area contributed by atoms with Gasteiger partial charge < -0.3 is 23.2 Å². The van der Waals surface area contributed by atoms with Gasteiger partial charge in [-0.05, 0) is 26.3 Å². The van der Waals surface area contributed by atoms with E-state index in [1.54, 1.807) is 11.0 Å². The van der Waals surface area contributed by atoms with Crippen LogP contribution >= 0.6 is 0 Å². The molecule has 1 fully saturated rings. The predicted molar refractivity (Wildman–Crippen MR) is 113 cm³/mol. The van der Waals surface area contributed by atoms with Crippen LogP contribution in [0, 0.1) is 0 Å². The number of amides is 1. The smallest absolute Gasteiger partial charge is 0.289 e. The van der Waals surface area contributed by atoms with Crippen molar-refractivity contribution >= 4 is 27.8 Å². The minimum Gasteiger partial charge on any atom is -0.495 e. The van der Waals surface area contributed by atoms with E-state index in [-0.39, 0.29) is 33.8 Å². The first kappa shape index (κ1) is 20.3. The van der Waals surface area contributed by atoms with E-state index >= 15 is 0 Å². The van der Waals surface area contributed by atoms with Gasteiger partial charge in [0.1, 0.15) is 11.1 Å². The van der Waals surface area contributed by atoms with Crippen molar-refractivity contribution in [1.29, 1.82) is 0 Å². The third-order valence-electron chi connectivity index (χ3n) is 5.66. The quantitative estimate of drug-likeness (QED) is 0.648. The highest BCUT2D eigenvalue weighted by atomic mass is 16.5. The predicted octanol–water partition coefficient (Wildman–Crippen LogP) is 3.11. The molecule has 3 heterocycles. The number of benzene rings is 1. The van der Waals surface area contributed by atoms with Gasteiger partial charge in [-0.1, -0.05) is 0 Å². The molecule has 0 radical (unpaired) electrons. The molecular weight excluding hydrogens is 388 g/mol. The molecule has 1 amide bonds. The summed E-state index contributed by atoms with van der Waals surface area (Å²) in [4.78, 5) is 30.3. The van der Waals surface area contributed by atoms with Gasteiger partial charge in [-0.15, -0.1) is 0 Å². The number of fused-ring (bicyclic) bond motifs is 2. The van der Waals surface area contributed by atoms with Crippen LogP contribution in [0.1, 0.15) is 30.8 Å². The van der Waals surface area contributed by atoms with E-state index in [1.165, 1.54) is 26.5 Å². The molecular formula is C22H26N2O6. The van der Waals surface area contributed by atoms with Gasteiger partial charge in [0.25, 0.3) is 5.91 Å². The van der Waals surface area contributed by atoms with E-state index in [4.69, 9.17) is 18.3 Å². The minimum absolute atomic E-state index is 0.0169. The number of hydrogen-bond donors (Lipinski definition) is 0. The number of ether oxygens (including phenoxy) is 2. The van der Waals surface area contributed by atoms with E-state index in [1.807, 2.05) is 0 Å². The minimum atomic E-state index is -0.364. The zero-order valence-electron chi connectivity index (χ0n) is 17.7. The summed E-state index contributed by atoms with van der Waals surface area (Å²) in [6, 6.07) is 3.36. The molecule has 1 aliphatic rings. The van der Waals surface area contributed by atoms with Crippen molar-refractivity contribution < 1.29 is 23.1 Å². The topological polar surface area (TPSA) is 85.4 Å². The molecule has 0 N–H and O–H groups in total. The molecule has 0 spiro atoms. The van der Waals surface area contributed by atoms with Gasteiger partial charge >= 0.3 is 0 Å². The lowest BCUT2D eigenvalue weighted by molar-refractivity contribution is 0.0727. The maximum atomic E-state index is 13.2. The van der Waals surface area contributed by atoms with E-state index in [9.17, 15) is 9.59 Å². The van der Waals surface area contributed by atoms with Crippen LogP contribution in [0.2, 0.25) is 0 Å². The zero-order chi connectivity index (χ0) is 21.4. The highest BCUT2D eigenvalue weighted by molar-refractivity contribution is 6.07. The van der Waals surface area contributed by atoms with Crippen molar-refractivity contribution in [2.75, 3.05) is 40.4 Å². The van der Waals surface area contributed by atoms with Crippen LogP contribution in [0.15, 0.2) is 32.0 Å². The van der Waals surface area contributed by atoms with Gasteiger partial charge in [0, 0.05) is 38.3 Å². The lowest BCUT2D eigenvalue weighted by atomic mass is 10.1. The van der Waals surface area contributed by atoms with Crippen molar-refractivity contribution in [1.82, 2.24) is 9.80 Å². The Morgan fingerprint density at radius 2 is 1.83 bits per heavy atom. The number of nitrogens with zero attached hydrogens (tertiary/aromatic N) is 2. The second kappa shape index (κ2) is 8.02. The zero-order valence-corrected chi connectivity index (χ0v) is 17.7. The number of furan rings is 1. The number of carbonyl (C=O) groups excluding carboxylic acids is 1. The molecule has 0 atom stereocenters. The normalized spacial score (nSPS) is 15.7. The molecule has 3 aromatic rings. The standard InChI is InChI=1S/C22H26N2O6/c1-13(2)23-7-5-8-24(10-9-23)22(26)16-12-15(25)17-18(27-3)14-6-11-29-19(14)21(28-4)20(17)30-16/h6,11-13H,5,7-10H2,1-4H3. The van der Waals surface area contributed by atoms with Gasteiger partial charge in [0.2, 0.25) is 5.75 Å². The van der Waals surface area contributed by atoms with Crippen molar-refractivity contribution in [2.24, 2.45) is 0 Å². The van der Waals surface area contributed by atoms with Crippen molar-refractivity contribution in [3.05, 3.63) is 34.4 Å². The van der Waals surface area contributed by atoms with Gasteiger partial charge in [0.15, 0.2) is 22.4 Å². The Balaban J connectivity index is 1.80. The van der Waals surface area contributed by atoms with Crippen LogP contribution in [0.4, 0.5) is 0 Å². The van der Waals surface area contributed by atoms with Crippen LogP contribution in [0.3, 0.4) is 0 Å². The van der Waals surface area contributed by atoms with E-state index in [2.05, 4.69) is 18.7 Å². The summed E-state index contributed by atoms with van der Waals surface area (Å²) in [5.74, 6) is 0.279. The van der Waals surface area contributed by atoms with Crippen LogP contribution in [-0.4, -0.2) is 62.1 Å². The van der Waals surface area contributed by atoms with Crippen molar-refractivity contribution in [2.45, 2.75) is 26.3 Å². The molecule has 160 valence electrons. The Labute approximate surface area is 173 Å². The Morgan fingerprint density at radius 1 is 1.07 bits per heavy atom. The highest BCUT2D eigenvalue weighted by Crippen LogP contribution is 2.42. The van der Waals surface area contributed by atoms with Gasteiger partial charge in [-0.2, -0.15) is 0 Å².